The average Bonchev–Trinajstić information content (AvgIpc) is 3.66. The molecular formula is C26H27Cl2N9O2. The minimum atomic E-state index is -0.467. The van der Waals surface area contributed by atoms with Crippen molar-refractivity contribution < 1.29 is 4.92 Å². The van der Waals surface area contributed by atoms with Crippen LogP contribution in [0, 0.1) is 10.1 Å². The fourth-order valence-electron chi connectivity index (χ4n) is 4.50. The molecule has 202 valence electrons. The first-order chi connectivity index (χ1) is 19.0. The fraction of sp³-hybridized carbons (Fsp3) is 0.308. The second-order valence-electron chi connectivity index (χ2n) is 9.12. The highest BCUT2D eigenvalue weighted by atomic mass is 35.5. The van der Waals surface area contributed by atoms with Crippen molar-refractivity contribution in [2.45, 2.75) is 12.8 Å². The van der Waals surface area contributed by atoms with Crippen molar-refractivity contribution in [2.24, 2.45) is 0 Å². The summed E-state index contributed by atoms with van der Waals surface area (Å²) in [6, 6.07) is 8.35. The number of benzene rings is 1. The predicted molar refractivity (Wildman–Crippen MR) is 152 cm³/mol. The third-order valence-electron chi connectivity index (χ3n) is 6.53. The zero-order valence-electron chi connectivity index (χ0n) is 21.1. The number of nitrogens with zero attached hydrogens (tertiary/aromatic N) is 7. The van der Waals surface area contributed by atoms with Gasteiger partial charge < -0.3 is 20.1 Å². The molecule has 4 aromatic rings. The number of aromatic amines is 1. The summed E-state index contributed by atoms with van der Waals surface area (Å²) in [6.45, 7) is 4.90. The number of anilines is 2. The number of nitrogens with one attached hydrogen (secondary N) is 2. The van der Waals surface area contributed by atoms with E-state index in [1.54, 1.807) is 36.8 Å². The number of H-pyrrole nitrogens is 1. The topological polar surface area (TPSA) is 129 Å². The molecule has 0 saturated carbocycles. The van der Waals surface area contributed by atoms with Gasteiger partial charge in [-0.2, -0.15) is 0 Å². The highest BCUT2D eigenvalue weighted by Crippen LogP contribution is 2.35. The Kier molecular flexibility index (Phi) is 8.50. The molecule has 0 unspecified atom stereocenters. The zero-order valence-corrected chi connectivity index (χ0v) is 22.6. The molecule has 0 aliphatic carbocycles. The summed E-state index contributed by atoms with van der Waals surface area (Å²) in [5.74, 6) is 1.75. The number of halogens is 2. The molecule has 1 aliphatic rings. The van der Waals surface area contributed by atoms with Crippen LogP contribution in [0.3, 0.4) is 0 Å². The average molecular weight is 568 g/mol. The molecule has 5 rings (SSSR count). The SMILES string of the molecule is O=[N+]([O-])c1ccc(NCCN(CCN2CCCC2)c2ncc(-c3ncc[nH]3)c(-c3ccc(Cl)cc3Cl)n2)nc1. The van der Waals surface area contributed by atoms with Gasteiger partial charge in [-0.15, -0.1) is 0 Å². The van der Waals surface area contributed by atoms with Crippen molar-refractivity contribution in [3.63, 3.8) is 0 Å². The molecule has 1 fully saturated rings. The molecule has 4 heterocycles. The van der Waals surface area contributed by atoms with Gasteiger partial charge in [-0.1, -0.05) is 23.2 Å². The van der Waals surface area contributed by atoms with Gasteiger partial charge in [0.1, 0.15) is 17.8 Å². The molecule has 13 heteroatoms. The maximum absolute atomic E-state index is 10.9. The maximum Gasteiger partial charge on any atom is 0.287 e. The van der Waals surface area contributed by atoms with Gasteiger partial charge >= 0.3 is 0 Å². The molecule has 0 atom stereocenters. The van der Waals surface area contributed by atoms with Crippen LogP contribution >= 0.6 is 23.2 Å². The van der Waals surface area contributed by atoms with Crippen LogP contribution in [0.4, 0.5) is 17.5 Å². The van der Waals surface area contributed by atoms with Gasteiger partial charge in [0.25, 0.3) is 5.69 Å². The normalized spacial score (nSPS) is 13.5. The summed E-state index contributed by atoms with van der Waals surface area (Å²) in [5.41, 5.74) is 2.04. The van der Waals surface area contributed by atoms with Gasteiger partial charge in [-0.3, -0.25) is 10.1 Å². The van der Waals surface area contributed by atoms with E-state index >= 15 is 0 Å². The zero-order chi connectivity index (χ0) is 27.2. The molecule has 0 bridgehead atoms. The second kappa shape index (κ2) is 12.4. The van der Waals surface area contributed by atoms with Crippen molar-refractivity contribution in [3.05, 3.63) is 75.3 Å². The lowest BCUT2D eigenvalue weighted by Crippen LogP contribution is -2.37. The maximum atomic E-state index is 10.9. The van der Waals surface area contributed by atoms with Crippen molar-refractivity contribution in [1.82, 2.24) is 29.8 Å². The van der Waals surface area contributed by atoms with Crippen LogP contribution in [0.15, 0.2) is 55.1 Å². The molecule has 1 aliphatic heterocycles. The summed E-state index contributed by atoms with van der Waals surface area (Å²) in [6.07, 6.45) is 8.84. The van der Waals surface area contributed by atoms with E-state index in [9.17, 15) is 10.1 Å². The number of aromatic nitrogens is 5. The van der Waals surface area contributed by atoms with Crippen molar-refractivity contribution in [1.29, 1.82) is 0 Å². The van der Waals surface area contributed by atoms with Crippen LogP contribution in [0.2, 0.25) is 10.0 Å². The minimum absolute atomic E-state index is 0.0498. The van der Waals surface area contributed by atoms with E-state index in [1.807, 2.05) is 6.07 Å². The van der Waals surface area contributed by atoms with Crippen LogP contribution in [-0.4, -0.2) is 74.0 Å². The Morgan fingerprint density at radius 1 is 1.05 bits per heavy atom. The van der Waals surface area contributed by atoms with Crippen molar-refractivity contribution >= 4 is 40.7 Å². The second-order valence-corrected chi connectivity index (χ2v) is 9.96. The molecule has 11 nitrogen and oxygen atoms in total. The fourth-order valence-corrected chi connectivity index (χ4v) is 4.99. The van der Waals surface area contributed by atoms with Crippen LogP contribution in [0.1, 0.15) is 12.8 Å². The van der Waals surface area contributed by atoms with Crippen LogP contribution in [0.5, 0.6) is 0 Å². The molecular weight excluding hydrogens is 541 g/mol. The summed E-state index contributed by atoms with van der Waals surface area (Å²) in [7, 11) is 0. The monoisotopic (exact) mass is 567 g/mol. The summed E-state index contributed by atoms with van der Waals surface area (Å²) in [4.78, 5) is 36.4. The third kappa shape index (κ3) is 6.62. The number of rotatable bonds is 11. The van der Waals surface area contributed by atoms with Gasteiger partial charge in [0.15, 0.2) is 0 Å². The molecule has 0 amide bonds. The van der Waals surface area contributed by atoms with E-state index in [2.05, 4.69) is 30.1 Å². The quantitative estimate of drug-likeness (QED) is 0.186. The number of hydrogen-bond donors (Lipinski definition) is 2. The Morgan fingerprint density at radius 3 is 2.59 bits per heavy atom. The lowest BCUT2D eigenvalue weighted by molar-refractivity contribution is -0.385. The number of nitro groups is 1. The van der Waals surface area contributed by atoms with Crippen LogP contribution in [-0.2, 0) is 0 Å². The number of imidazole rings is 1. The molecule has 1 saturated heterocycles. The number of likely N-dealkylation sites (tertiary alicyclic amines) is 1. The van der Waals surface area contributed by atoms with Gasteiger partial charge in [-0.25, -0.2) is 19.9 Å². The van der Waals surface area contributed by atoms with Crippen LogP contribution in [0.25, 0.3) is 22.6 Å². The lowest BCUT2D eigenvalue weighted by Gasteiger charge is -2.26. The smallest absolute Gasteiger partial charge is 0.287 e. The first-order valence-corrected chi connectivity index (χ1v) is 13.4. The third-order valence-corrected chi connectivity index (χ3v) is 7.08. The first kappa shape index (κ1) is 26.8. The van der Waals surface area contributed by atoms with E-state index in [1.165, 1.54) is 25.1 Å². The Labute approximate surface area is 235 Å². The molecule has 2 N–H and O–H groups in total. The summed E-state index contributed by atoms with van der Waals surface area (Å²) < 4.78 is 0. The van der Waals surface area contributed by atoms with E-state index in [0.717, 1.165) is 37.3 Å². The van der Waals surface area contributed by atoms with Gasteiger partial charge in [0.2, 0.25) is 5.95 Å². The molecule has 3 aromatic heterocycles. The summed E-state index contributed by atoms with van der Waals surface area (Å²) >= 11 is 12.8. The Morgan fingerprint density at radius 2 is 1.90 bits per heavy atom. The largest absolute Gasteiger partial charge is 0.368 e. The Hall–Kier alpha value is -3.80. The van der Waals surface area contributed by atoms with E-state index in [-0.39, 0.29) is 5.69 Å². The Balaban J connectivity index is 1.42. The molecule has 0 spiro atoms. The first-order valence-electron chi connectivity index (χ1n) is 12.6. The summed E-state index contributed by atoms with van der Waals surface area (Å²) in [5, 5.41) is 15.2. The van der Waals surface area contributed by atoms with E-state index < -0.39 is 4.92 Å². The standard InChI is InChI=1S/C26H27Cl2N9O2/c27-18-3-5-20(22(28)15-18)24-21(25-30-7-8-31-25)17-33-26(34-24)36(14-13-35-10-1-2-11-35)12-9-29-23-6-4-19(16-32-23)37(38)39/h3-8,15-17H,1-2,9-14H2,(H,29,32)(H,30,31). The van der Waals surface area contributed by atoms with E-state index in [4.69, 9.17) is 33.2 Å². The number of pyridine rings is 1. The lowest BCUT2D eigenvalue weighted by atomic mass is 10.1. The van der Waals surface area contributed by atoms with Gasteiger partial charge in [0.05, 0.1) is 21.2 Å². The predicted octanol–water partition coefficient (Wildman–Crippen LogP) is 5.16. The highest BCUT2D eigenvalue weighted by molar-refractivity contribution is 6.36. The van der Waals surface area contributed by atoms with Gasteiger partial charge in [-0.05, 0) is 50.2 Å². The highest BCUT2D eigenvalue weighted by Gasteiger charge is 2.20. The molecule has 39 heavy (non-hydrogen) atoms. The minimum Gasteiger partial charge on any atom is -0.368 e. The van der Waals surface area contributed by atoms with Crippen LogP contribution < -0.4 is 10.2 Å². The number of hydrogen-bond acceptors (Lipinski definition) is 9. The van der Waals surface area contributed by atoms with Crippen molar-refractivity contribution in [3.8, 4) is 22.6 Å². The van der Waals surface area contributed by atoms with E-state index in [0.29, 0.717) is 46.4 Å². The van der Waals surface area contributed by atoms with Crippen molar-refractivity contribution in [2.75, 3.05) is 49.5 Å². The Bertz CT molecular complexity index is 1410. The molecule has 0 radical (unpaired) electrons. The van der Waals surface area contributed by atoms with Gasteiger partial charge in [0, 0.05) is 61.4 Å². The molecule has 1 aromatic carbocycles.